The van der Waals surface area contributed by atoms with Crippen molar-refractivity contribution in [2.45, 2.75) is 45.3 Å². The van der Waals surface area contributed by atoms with E-state index in [1.165, 1.54) is 16.8 Å². The Labute approximate surface area is 211 Å². The summed E-state index contributed by atoms with van der Waals surface area (Å²) in [6.07, 6.45) is 5.49. The minimum absolute atomic E-state index is 0.0131. The van der Waals surface area contributed by atoms with Crippen molar-refractivity contribution >= 4 is 35.1 Å². The first-order valence-corrected chi connectivity index (χ1v) is 11.8. The number of fused-ring (bicyclic) bond motifs is 1. The molecule has 3 aromatic rings. The van der Waals surface area contributed by atoms with Crippen LogP contribution in [0, 0.1) is 5.82 Å². The van der Waals surface area contributed by atoms with Gasteiger partial charge in [0.2, 0.25) is 0 Å². The van der Waals surface area contributed by atoms with E-state index in [2.05, 4.69) is 25.7 Å². The number of anilines is 2. The minimum Gasteiger partial charge on any atom is -0.477 e. The van der Waals surface area contributed by atoms with Crippen molar-refractivity contribution in [2.75, 3.05) is 29.9 Å². The lowest BCUT2D eigenvalue weighted by Crippen LogP contribution is -2.39. The molecule has 1 aliphatic heterocycles. The monoisotopic (exact) mass is 513 g/mol. The van der Waals surface area contributed by atoms with E-state index in [1.807, 2.05) is 4.90 Å². The first-order chi connectivity index (χ1) is 17.5. The maximum Gasteiger partial charge on any atom is 0.397 e. The summed E-state index contributed by atoms with van der Waals surface area (Å²) in [6.45, 7) is 5.98. The molecule has 1 atom stereocenters. The molecule has 1 amide bonds. The van der Waals surface area contributed by atoms with Crippen LogP contribution in [0.3, 0.4) is 0 Å². The molecule has 0 bridgehead atoms. The van der Waals surface area contributed by atoms with Crippen LogP contribution in [0.5, 0.6) is 0 Å². The molecule has 13 heteroatoms. The van der Waals surface area contributed by atoms with E-state index in [0.717, 1.165) is 12.6 Å². The van der Waals surface area contributed by atoms with Gasteiger partial charge < -0.3 is 25.4 Å². The van der Waals surface area contributed by atoms with Gasteiger partial charge in [-0.15, -0.1) is 0 Å². The summed E-state index contributed by atoms with van der Waals surface area (Å²) in [5, 5.41) is 19.0. The predicted octanol–water partition coefficient (Wildman–Crippen LogP) is 2.17. The molecule has 4 rings (SSSR count). The minimum atomic E-state index is -1.13. The second kappa shape index (κ2) is 10.4. The molecule has 4 heterocycles. The fourth-order valence-electron chi connectivity index (χ4n) is 4.14. The topological polar surface area (TPSA) is 151 Å². The normalized spacial score (nSPS) is 15.6. The maximum atomic E-state index is 14.2. The fraction of sp³-hybridized carbons (Fsp3) is 0.417. The molecule has 0 radical (unpaired) electrons. The summed E-state index contributed by atoms with van der Waals surface area (Å²) < 4.78 is 20.7. The average molecular weight is 514 g/mol. The van der Waals surface area contributed by atoms with Crippen molar-refractivity contribution in [1.82, 2.24) is 24.9 Å². The summed E-state index contributed by atoms with van der Waals surface area (Å²) in [7, 11) is 0. The standard InChI is InChI=1S/C24H28FN7O5/c1-24(2,3)37-23(36)21(33)27-8-7-26-19-15(11-14(25)12-28-19)17-5-4-9-31(17)18-6-10-32-20(30-18)16(13-29-32)22(34)35/h6,10-13,17H,4-5,7-9H2,1-3H3,(H,26,28)(H,27,33)(H,34,35). The molecule has 1 aliphatic rings. The lowest BCUT2D eigenvalue weighted by atomic mass is 10.0. The number of nitrogens with zero attached hydrogens (tertiary/aromatic N) is 5. The van der Waals surface area contributed by atoms with Crippen LogP contribution >= 0.6 is 0 Å². The number of ether oxygens (including phenoxy) is 1. The number of nitrogens with one attached hydrogen (secondary N) is 2. The second-order valence-corrected chi connectivity index (χ2v) is 9.54. The number of carbonyl (C=O) groups excluding carboxylic acids is 2. The third-order valence-corrected chi connectivity index (χ3v) is 5.66. The number of carbonyl (C=O) groups is 3. The second-order valence-electron chi connectivity index (χ2n) is 9.54. The molecule has 1 saturated heterocycles. The average Bonchev–Trinajstić information content (AvgIpc) is 3.48. The Hall–Kier alpha value is -4.29. The Bertz CT molecular complexity index is 1340. The molecule has 37 heavy (non-hydrogen) atoms. The Kier molecular flexibility index (Phi) is 7.23. The van der Waals surface area contributed by atoms with Crippen molar-refractivity contribution in [1.29, 1.82) is 0 Å². The van der Waals surface area contributed by atoms with Crippen molar-refractivity contribution in [3.8, 4) is 0 Å². The highest BCUT2D eigenvalue weighted by Gasteiger charge is 2.31. The number of esters is 1. The summed E-state index contributed by atoms with van der Waals surface area (Å²) in [5.41, 5.74) is 0.0249. The number of pyridine rings is 1. The van der Waals surface area contributed by atoms with E-state index in [1.54, 1.807) is 33.0 Å². The highest BCUT2D eigenvalue weighted by atomic mass is 19.1. The summed E-state index contributed by atoms with van der Waals surface area (Å²) in [6, 6.07) is 2.86. The van der Waals surface area contributed by atoms with Crippen LogP contribution in [0.25, 0.3) is 5.65 Å². The number of amides is 1. The summed E-state index contributed by atoms with van der Waals surface area (Å²) in [5.74, 6) is -2.48. The molecule has 0 aromatic carbocycles. The van der Waals surface area contributed by atoms with E-state index in [4.69, 9.17) is 4.74 Å². The van der Waals surface area contributed by atoms with Crippen molar-refractivity contribution in [3.63, 3.8) is 0 Å². The van der Waals surface area contributed by atoms with Gasteiger partial charge in [-0.05, 0) is 45.7 Å². The van der Waals surface area contributed by atoms with E-state index in [9.17, 15) is 23.9 Å². The summed E-state index contributed by atoms with van der Waals surface area (Å²) in [4.78, 5) is 46.0. The zero-order valence-electron chi connectivity index (χ0n) is 20.7. The van der Waals surface area contributed by atoms with Crippen molar-refractivity contribution in [3.05, 3.63) is 47.7 Å². The van der Waals surface area contributed by atoms with Crippen molar-refractivity contribution < 1.29 is 28.6 Å². The van der Waals surface area contributed by atoms with Crippen LogP contribution in [-0.4, -0.2) is 67.8 Å². The van der Waals surface area contributed by atoms with E-state index < -0.39 is 29.3 Å². The van der Waals surface area contributed by atoms with Gasteiger partial charge in [0, 0.05) is 31.4 Å². The molecule has 3 aromatic heterocycles. The molecule has 12 nitrogen and oxygen atoms in total. The molecule has 0 saturated carbocycles. The zero-order valence-corrected chi connectivity index (χ0v) is 20.7. The van der Waals surface area contributed by atoms with Gasteiger partial charge >= 0.3 is 17.8 Å². The molecule has 3 N–H and O–H groups in total. The SMILES string of the molecule is CC(C)(C)OC(=O)C(=O)NCCNc1ncc(F)cc1C1CCCN1c1ccn2ncc(C(=O)O)c2n1. The van der Waals surface area contributed by atoms with Gasteiger partial charge in [-0.3, -0.25) is 4.79 Å². The van der Waals surface area contributed by atoms with Gasteiger partial charge in [-0.2, -0.15) is 5.10 Å². The van der Waals surface area contributed by atoms with Gasteiger partial charge in [0.05, 0.1) is 18.4 Å². The van der Waals surface area contributed by atoms with Gasteiger partial charge in [0.15, 0.2) is 5.65 Å². The quantitative estimate of drug-likeness (QED) is 0.244. The van der Waals surface area contributed by atoms with Gasteiger partial charge in [-0.1, -0.05) is 0 Å². The van der Waals surface area contributed by atoms with E-state index in [0.29, 0.717) is 30.2 Å². The van der Waals surface area contributed by atoms with Crippen LogP contribution < -0.4 is 15.5 Å². The van der Waals surface area contributed by atoms with E-state index in [-0.39, 0.29) is 30.3 Å². The maximum absolute atomic E-state index is 14.2. The first-order valence-electron chi connectivity index (χ1n) is 11.8. The molecule has 1 fully saturated rings. The number of carboxylic acids is 1. The Morgan fingerprint density at radius 3 is 2.76 bits per heavy atom. The smallest absolute Gasteiger partial charge is 0.397 e. The van der Waals surface area contributed by atoms with Gasteiger partial charge in [0.25, 0.3) is 0 Å². The Morgan fingerprint density at radius 2 is 2.03 bits per heavy atom. The predicted molar refractivity (Wildman–Crippen MR) is 131 cm³/mol. The van der Waals surface area contributed by atoms with Crippen molar-refractivity contribution in [2.24, 2.45) is 0 Å². The number of hydrogen-bond donors (Lipinski definition) is 3. The van der Waals surface area contributed by atoms with Crippen LogP contribution in [0.1, 0.15) is 55.6 Å². The number of halogens is 1. The third kappa shape index (κ3) is 5.93. The van der Waals surface area contributed by atoms with Gasteiger partial charge in [0.1, 0.15) is 28.6 Å². The Morgan fingerprint density at radius 1 is 1.24 bits per heavy atom. The molecule has 0 spiro atoms. The number of aromatic carboxylic acids is 1. The van der Waals surface area contributed by atoms with E-state index >= 15 is 0 Å². The fourth-order valence-corrected chi connectivity index (χ4v) is 4.14. The van der Waals surface area contributed by atoms with Gasteiger partial charge in [-0.25, -0.2) is 28.5 Å². The lowest BCUT2D eigenvalue weighted by Gasteiger charge is -2.27. The molecule has 1 unspecified atom stereocenters. The number of hydrogen-bond acceptors (Lipinski definition) is 9. The zero-order chi connectivity index (χ0) is 26.7. The van der Waals surface area contributed by atoms with Crippen LogP contribution in [-0.2, 0) is 14.3 Å². The number of aromatic nitrogens is 4. The Balaban J connectivity index is 1.48. The molecule has 0 aliphatic carbocycles. The molecular weight excluding hydrogens is 485 g/mol. The highest BCUT2D eigenvalue weighted by molar-refractivity contribution is 6.32. The van der Waals surface area contributed by atoms with Crippen LogP contribution in [0.4, 0.5) is 16.0 Å². The number of rotatable bonds is 7. The molecule has 196 valence electrons. The summed E-state index contributed by atoms with van der Waals surface area (Å²) >= 11 is 0. The first kappa shape index (κ1) is 25.8. The highest BCUT2D eigenvalue weighted by Crippen LogP contribution is 2.38. The third-order valence-electron chi connectivity index (χ3n) is 5.66. The van der Waals surface area contributed by atoms with Crippen LogP contribution in [0.15, 0.2) is 30.7 Å². The largest absolute Gasteiger partial charge is 0.477 e. The van der Waals surface area contributed by atoms with Crippen LogP contribution in [0.2, 0.25) is 0 Å². The molecular formula is C24H28FN7O5. The number of carboxylic acid groups (broad SMARTS) is 1. The lowest BCUT2D eigenvalue weighted by molar-refractivity contribution is -0.163.